The lowest BCUT2D eigenvalue weighted by molar-refractivity contribution is 0.0957. The highest BCUT2D eigenvalue weighted by Crippen LogP contribution is 2.13. The second-order valence-electron chi connectivity index (χ2n) is 4.30. The maximum atomic E-state index is 3.53. The highest BCUT2D eigenvalue weighted by molar-refractivity contribution is 4.80. The summed E-state index contributed by atoms with van der Waals surface area (Å²) in [7, 11) is 0. The van der Waals surface area contributed by atoms with E-state index in [1.807, 2.05) is 0 Å². The topological polar surface area (TPSA) is 18.5 Å². The summed E-state index contributed by atoms with van der Waals surface area (Å²) in [5.74, 6) is 0.918. The van der Waals surface area contributed by atoms with Crippen LogP contribution in [0.4, 0.5) is 0 Å². The van der Waals surface area contributed by atoms with Gasteiger partial charge in [0.1, 0.15) is 0 Å². The first-order valence-corrected chi connectivity index (χ1v) is 5.54. The van der Waals surface area contributed by atoms with Crippen molar-refractivity contribution < 1.29 is 0 Å². The van der Waals surface area contributed by atoms with Crippen molar-refractivity contribution in [1.29, 1.82) is 0 Å². The van der Waals surface area contributed by atoms with E-state index in [-0.39, 0.29) is 0 Å². The monoisotopic (exact) mass is 183 g/mol. The van der Waals surface area contributed by atoms with Crippen molar-refractivity contribution in [3.63, 3.8) is 0 Å². The second kappa shape index (κ2) is 4.40. The maximum absolute atomic E-state index is 3.53. The largest absolute Gasteiger partial charge is 0.304 e. The average molecular weight is 183 g/mol. The average Bonchev–Trinajstić information content (AvgIpc) is 1.97. The zero-order valence-corrected chi connectivity index (χ0v) is 8.63. The summed E-state index contributed by atoms with van der Waals surface area (Å²) in [6.45, 7) is 11.0. The van der Waals surface area contributed by atoms with Gasteiger partial charge in [-0.25, -0.2) is 0 Å². The lowest BCUT2D eigenvalue weighted by Gasteiger charge is -2.39. The van der Waals surface area contributed by atoms with Gasteiger partial charge in [-0.2, -0.15) is 0 Å². The zero-order chi connectivity index (χ0) is 9.10. The van der Waals surface area contributed by atoms with E-state index in [2.05, 4.69) is 22.0 Å². The van der Waals surface area contributed by atoms with Crippen molar-refractivity contribution in [3.8, 4) is 0 Å². The molecule has 2 saturated heterocycles. The van der Waals surface area contributed by atoms with E-state index in [0.717, 1.165) is 12.6 Å². The number of hydrogen-bond donors (Lipinski definition) is 1. The van der Waals surface area contributed by atoms with Crippen LogP contribution in [0, 0.1) is 5.92 Å². The highest BCUT2D eigenvalue weighted by atomic mass is 15.3. The molecule has 0 unspecified atom stereocenters. The predicted molar refractivity (Wildman–Crippen MR) is 54.7 cm³/mol. The number of hydrogen-bond acceptors (Lipinski definition) is 3. The number of nitrogens with zero attached hydrogens (tertiary/aromatic N) is 2. The van der Waals surface area contributed by atoms with E-state index < -0.39 is 0 Å². The first-order chi connectivity index (χ1) is 6.38. The normalized spacial score (nSPS) is 25.6. The van der Waals surface area contributed by atoms with Gasteiger partial charge >= 0.3 is 0 Å². The van der Waals surface area contributed by atoms with E-state index in [1.54, 1.807) is 0 Å². The molecule has 0 saturated carbocycles. The van der Waals surface area contributed by atoms with Gasteiger partial charge in [0.05, 0.1) is 0 Å². The van der Waals surface area contributed by atoms with Crippen LogP contribution in [-0.2, 0) is 0 Å². The quantitative estimate of drug-likeness (QED) is 0.656. The van der Waals surface area contributed by atoms with Crippen LogP contribution in [0.1, 0.15) is 13.3 Å². The molecule has 2 aliphatic rings. The molecule has 0 aromatic carbocycles. The van der Waals surface area contributed by atoms with E-state index in [1.165, 1.54) is 45.7 Å². The first-order valence-electron chi connectivity index (χ1n) is 5.54. The van der Waals surface area contributed by atoms with Crippen molar-refractivity contribution in [1.82, 2.24) is 15.1 Å². The summed E-state index contributed by atoms with van der Waals surface area (Å²) in [6.07, 6.45) is 1.40. The Balaban J connectivity index is 1.45. The second-order valence-corrected chi connectivity index (χ2v) is 4.30. The molecule has 0 amide bonds. The molecule has 0 radical (unpaired) electrons. The molecule has 1 N–H and O–H groups in total. The van der Waals surface area contributed by atoms with Crippen LogP contribution in [0.3, 0.4) is 0 Å². The van der Waals surface area contributed by atoms with Crippen molar-refractivity contribution in [2.75, 3.05) is 45.9 Å². The Morgan fingerprint density at radius 3 is 2.54 bits per heavy atom. The summed E-state index contributed by atoms with van der Waals surface area (Å²) < 4.78 is 0. The van der Waals surface area contributed by atoms with Gasteiger partial charge in [-0.1, -0.05) is 6.92 Å². The molecule has 0 spiro atoms. The van der Waals surface area contributed by atoms with Gasteiger partial charge in [-0.05, 0) is 18.9 Å². The smallest absolute Gasteiger partial charge is 0.0480 e. The Morgan fingerprint density at radius 1 is 1.23 bits per heavy atom. The van der Waals surface area contributed by atoms with Crippen LogP contribution in [0.5, 0.6) is 0 Å². The minimum absolute atomic E-state index is 0.918. The molecule has 0 aromatic rings. The highest BCUT2D eigenvalue weighted by Gasteiger charge is 2.24. The predicted octanol–water partition coefficient (Wildman–Crippen LogP) is 0.191. The molecule has 2 fully saturated rings. The Labute approximate surface area is 81.1 Å². The maximum Gasteiger partial charge on any atom is 0.0480 e. The summed E-state index contributed by atoms with van der Waals surface area (Å²) in [6, 6.07) is 0. The molecular formula is C10H21N3. The Bertz CT molecular complexity index is 150. The van der Waals surface area contributed by atoms with Gasteiger partial charge in [0.15, 0.2) is 0 Å². The number of rotatable bonds is 5. The minimum atomic E-state index is 0.918. The van der Waals surface area contributed by atoms with Crippen LogP contribution in [0.25, 0.3) is 0 Å². The fraction of sp³-hybridized carbons (Fsp3) is 1.00. The molecule has 13 heavy (non-hydrogen) atoms. The molecule has 0 aromatic heterocycles. The van der Waals surface area contributed by atoms with E-state index >= 15 is 0 Å². The Hall–Kier alpha value is -0.120. The van der Waals surface area contributed by atoms with Crippen molar-refractivity contribution in [2.45, 2.75) is 13.3 Å². The van der Waals surface area contributed by atoms with E-state index in [0.29, 0.717) is 0 Å². The van der Waals surface area contributed by atoms with Gasteiger partial charge in [0.25, 0.3) is 0 Å². The molecule has 76 valence electrons. The molecule has 3 nitrogen and oxygen atoms in total. The lowest BCUT2D eigenvalue weighted by Crippen LogP contribution is -2.52. The molecule has 3 heteroatoms. The lowest BCUT2D eigenvalue weighted by atomic mass is 10.0. The molecular weight excluding hydrogens is 162 g/mol. The Morgan fingerprint density at radius 2 is 2.00 bits per heavy atom. The summed E-state index contributed by atoms with van der Waals surface area (Å²) in [4.78, 5) is 4.96. The summed E-state index contributed by atoms with van der Waals surface area (Å²) in [5, 5.41) is 3.53. The number of likely N-dealkylation sites (tertiary alicyclic amines) is 2. The van der Waals surface area contributed by atoms with E-state index in [4.69, 9.17) is 0 Å². The van der Waals surface area contributed by atoms with Gasteiger partial charge < -0.3 is 10.2 Å². The van der Waals surface area contributed by atoms with Crippen LogP contribution < -0.4 is 5.32 Å². The van der Waals surface area contributed by atoms with E-state index in [9.17, 15) is 0 Å². The fourth-order valence-corrected chi connectivity index (χ4v) is 2.03. The third-order valence-corrected chi connectivity index (χ3v) is 3.20. The van der Waals surface area contributed by atoms with Gasteiger partial charge in [0, 0.05) is 39.4 Å². The molecule has 2 heterocycles. The molecule has 0 aliphatic carbocycles. The summed E-state index contributed by atoms with van der Waals surface area (Å²) in [5.41, 5.74) is 0. The molecule has 0 bridgehead atoms. The van der Waals surface area contributed by atoms with Crippen LogP contribution in [0.15, 0.2) is 0 Å². The van der Waals surface area contributed by atoms with Crippen molar-refractivity contribution in [2.24, 2.45) is 5.92 Å². The van der Waals surface area contributed by atoms with Crippen LogP contribution in [0.2, 0.25) is 0 Å². The van der Waals surface area contributed by atoms with Gasteiger partial charge in [-0.3, -0.25) is 4.90 Å². The fourth-order valence-electron chi connectivity index (χ4n) is 2.03. The van der Waals surface area contributed by atoms with Gasteiger partial charge in [-0.15, -0.1) is 0 Å². The van der Waals surface area contributed by atoms with Crippen molar-refractivity contribution in [3.05, 3.63) is 0 Å². The zero-order valence-electron chi connectivity index (χ0n) is 8.63. The standard InChI is InChI=1S/C10H21N3/c1-2-12-7-10(8-12)6-11-9-13-4-3-5-13/h10-11H,2-9H2,1H3. The molecule has 2 rings (SSSR count). The minimum Gasteiger partial charge on any atom is -0.304 e. The Kier molecular flexibility index (Phi) is 3.19. The van der Waals surface area contributed by atoms with Gasteiger partial charge in [0.2, 0.25) is 0 Å². The number of nitrogens with one attached hydrogen (secondary N) is 1. The SMILES string of the molecule is CCN1CC(CNCN2CCC2)C1. The third-order valence-electron chi connectivity index (χ3n) is 3.20. The molecule has 2 aliphatic heterocycles. The third kappa shape index (κ3) is 2.42. The first kappa shape index (κ1) is 9.44. The molecule has 0 atom stereocenters. The summed E-state index contributed by atoms with van der Waals surface area (Å²) >= 11 is 0. The van der Waals surface area contributed by atoms with Crippen LogP contribution >= 0.6 is 0 Å². The van der Waals surface area contributed by atoms with Crippen molar-refractivity contribution >= 4 is 0 Å². The van der Waals surface area contributed by atoms with Crippen LogP contribution in [-0.4, -0.2) is 55.7 Å².